The Bertz CT molecular complexity index is 2710. The molecule has 0 fully saturated rings. The molecule has 0 spiro atoms. The summed E-state index contributed by atoms with van der Waals surface area (Å²) in [6.07, 6.45) is 0. The first kappa shape index (κ1) is 26.2. The third-order valence-corrected chi connectivity index (χ3v) is 9.64. The maximum atomic E-state index is 10.2. The summed E-state index contributed by atoms with van der Waals surface area (Å²) in [7, 11) is 0. The lowest BCUT2D eigenvalue weighted by Gasteiger charge is -2.37. The highest BCUT2D eigenvalue weighted by Gasteiger charge is 2.46. The van der Waals surface area contributed by atoms with Crippen LogP contribution in [0.2, 0.25) is 0 Å². The number of nitriles is 1. The highest BCUT2D eigenvalue weighted by molar-refractivity contribution is 6.99. The molecule has 0 atom stereocenters. The number of para-hydroxylation sites is 2. The fraction of sp³-hybridized carbons (Fsp3) is 0. The summed E-state index contributed by atoms with van der Waals surface area (Å²) in [6, 6.07) is 42.5. The van der Waals surface area contributed by atoms with E-state index in [0.717, 1.165) is 72.3 Å². The van der Waals surface area contributed by atoms with Crippen molar-refractivity contribution in [3.63, 3.8) is 0 Å². The Hall–Kier alpha value is -6.92. The van der Waals surface area contributed by atoms with Gasteiger partial charge in [0, 0.05) is 38.3 Å². The molecule has 0 amide bonds. The van der Waals surface area contributed by atoms with E-state index in [9.17, 15) is 5.26 Å². The smallest absolute Gasteiger partial charge is 0.270 e. The molecule has 8 aromatic rings. The molecule has 0 saturated carbocycles. The van der Waals surface area contributed by atoms with Crippen LogP contribution in [-0.4, -0.2) is 26.2 Å². The van der Waals surface area contributed by atoms with Gasteiger partial charge in [0.2, 0.25) is 11.8 Å². The summed E-state index contributed by atoms with van der Waals surface area (Å²) in [5.74, 6) is 4.99. The third kappa shape index (κ3) is 3.60. The Labute approximate surface area is 279 Å². The van der Waals surface area contributed by atoms with Gasteiger partial charge in [-0.3, -0.25) is 4.57 Å². The zero-order chi connectivity index (χ0) is 32.2. The number of ether oxygens (including phenoxy) is 3. The average Bonchev–Trinajstić information content (AvgIpc) is 3.49. The van der Waals surface area contributed by atoms with Crippen LogP contribution in [0.15, 0.2) is 121 Å². The van der Waals surface area contributed by atoms with Gasteiger partial charge in [-0.15, -0.1) is 0 Å². The lowest BCUT2D eigenvalue weighted by molar-refractivity contribution is 0.443. The Balaban J connectivity index is 1.15. The number of benzene rings is 6. The van der Waals surface area contributed by atoms with Crippen LogP contribution in [0.4, 0.5) is 0 Å². The molecule has 0 aliphatic carbocycles. The topological polar surface area (TPSA) is 95.1 Å². The van der Waals surface area contributed by atoms with E-state index in [1.807, 2.05) is 83.4 Å². The molecule has 0 saturated heterocycles. The van der Waals surface area contributed by atoms with Gasteiger partial charge < -0.3 is 14.2 Å². The quantitative estimate of drug-likeness (QED) is 0.194. The van der Waals surface area contributed by atoms with Crippen molar-refractivity contribution in [3.05, 3.63) is 127 Å². The van der Waals surface area contributed by atoms with Gasteiger partial charge in [-0.1, -0.05) is 78.9 Å². The highest BCUT2D eigenvalue weighted by Crippen LogP contribution is 2.43. The van der Waals surface area contributed by atoms with E-state index in [4.69, 9.17) is 19.2 Å². The predicted molar refractivity (Wildman–Crippen MR) is 188 cm³/mol. The number of aromatic nitrogens is 4. The van der Waals surface area contributed by atoms with E-state index in [1.165, 1.54) is 0 Å². The fourth-order valence-corrected chi connectivity index (χ4v) is 7.67. The van der Waals surface area contributed by atoms with Crippen molar-refractivity contribution in [2.45, 2.75) is 0 Å². The maximum Gasteiger partial charge on any atom is 0.270 e. The van der Waals surface area contributed by atoms with E-state index < -0.39 is 0 Å². The van der Waals surface area contributed by atoms with Crippen LogP contribution in [0.25, 0.3) is 50.3 Å². The Morgan fingerprint density at radius 1 is 0.551 bits per heavy atom. The molecule has 2 aromatic heterocycles. The van der Waals surface area contributed by atoms with Crippen LogP contribution in [-0.2, 0) is 0 Å². The van der Waals surface area contributed by atoms with Crippen LogP contribution in [0, 0.1) is 11.3 Å². The van der Waals surface area contributed by atoms with E-state index in [-0.39, 0.29) is 12.5 Å². The van der Waals surface area contributed by atoms with Gasteiger partial charge in [0.15, 0.2) is 5.82 Å². The maximum absolute atomic E-state index is 10.2. The minimum absolute atomic E-state index is 0.00530. The number of fused-ring (bicyclic) bond motifs is 3. The van der Waals surface area contributed by atoms with Gasteiger partial charge in [0.25, 0.3) is 6.71 Å². The monoisotopic (exact) mass is 629 g/mol. The van der Waals surface area contributed by atoms with E-state index in [2.05, 4.69) is 58.5 Å². The second-order valence-electron chi connectivity index (χ2n) is 12.3. The summed E-state index contributed by atoms with van der Waals surface area (Å²) < 4.78 is 21.4. The van der Waals surface area contributed by atoms with E-state index >= 15 is 0 Å². The second kappa shape index (κ2) is 9.56. The van der Waals surface area contributed by atoms with Crippen molar-refractivity contribution in [3.8, 4) is 69.0 Å². The van der Waals surface area contributed by atoms with Gasteiger partial charge in [-0.25, -0.2) is 0 Å². The molecule has 9 heteroatoms. The molecule has 3 aliphatic rings. The lowest BCUT2D eigenvalue weighted by atomic mass is 9.34. The summed E-state index contributed by atoms with van der Waals surface area (Å²) in [4.78, 5) is 14.4. The minimum atomic E-state index is -0.106. The summed E-state index contributed by atoms with van der Waals surface area (Å²) in [5.41, 5.74) is 7.51. The van der Waals surface area contributed by atoms with Crippen LogP contribution in [0.3, 0.4) is 0 Å². The van der Waals surface area contributed by atoms with Gasteiger partial charge in [0.1, 0.15) is 40.6 Å². The average molecular weight is 629 g/mol. The van der Waals surface area contributed by atoms with Crippen LogP contribution >= 0.6 is 0 Å². The normalized spacial score (nSPS) is 12.9. The minimum Gasteiger partial charge on any atom is -0.458 e. The Morgan fingerprint density at radius 2 is 1.14 bits per heavy atom. The van der Waals surface area contributed by atoms with Crippen LogP contribution in [0.5, 0.6) is 34.5 Å². The fourth-order valence-electron chi connectivity index (χ4n) is 7.67. The standard InChI is InChI=1S/C40H20BN5O3/c42-21-34-43-39(45-40(44-34)46-27-14-5-4-11-25(27)26-13-6-12-24(38(26)46)22-9-2-1-3-10-22)23-19-32-37-33(20-23)49-31-18-8-16-29-36(31)41(37)35-28(47-29)15-7-17-30(35)48-32/h1-20H. The second-order valence-corrected chi connectivity index (χ2v) is 12.3. The summed E-state index contributed by atoms with van der Waals surface area (Å²) >= 11 is 0. The molecule has 0 unspecified atom stereocenters. The molecule has 0 bridgehead atoms. The van der Waals surface area contributed by atoms with E-state index in [1.54, 1.807) is 0 Å². The van der Waals surface area contributed by atoms with Gasteiger partial charge >= 0.3 is 0 Å². The highest BCUT2D eigenvalue weighted by atomic mass is 16.5. The predicted octanol–water partition coefficient (Wildman–Crippen LogP) is 7.01. The molecule has 49 heavy (non-hydrogen) atoms. The Morgan fingerprint density at radius 3 is 1.84 bits per heavy atom. The van der Waals surface area contributed by atoms with Gasteiger partial charge in [-0.2, -0.15) is 20.2 Å². The van der Waals surface area contributed by atoms with Crippen molar-refractivity contribution < 1.29 is 14.2 Å². The molecule has 226 valence electrons. The zero-order valence-corrected chi connectivity index (χ0v) is 25.6. The number of hydrogen-bond donors (Lipinski definition) is 0. The number of rotatable bonds is 3. The zero-order valence-electron chi connectivity index (χ0n) is 25.6. The molecule has 5 heterocycles. The molecule has 0 N–H and O–H groups in total. The molecule has 3 aliphatic heterocycles. The first-order valence-electron chi connectivity index (χ1n) is 16.0. The number of hydrogen-bond acceptors (Lipinski definition) is 7. The SMILES string of the molecule is N#Cc1nc(-c2cc3c4c(c2)Oc2cccc5c2B4c2c(cccc2O3)O5)nc(-n2c3ccccc3c3cccc(-c4ccccc4)c32)n1. The van der Waals surface area contributed by atoms with Crippen molar-refractivity contribution >= 4 is 44.9 Å². The molecule has 8 nitrogen and oxygen atoms in total. The number of nitrogens with zero attached hydrogens (tertiary/aromatic N) is 5. The third-order valence-electron chi connectivity index (χ3n) is 9.64. The van der Waals surface area contributed by atoms with Gasteiger partial charge in [0.05, 0.1) is 11.0 Å². The van der Waals surface area contributed by atoms with E-state index in [0.29, 0.717) is 28.8 Å². The molecular weight excluding hydrogens is 609 g/mol. The van der Waals surface area contributed by atoms with Crippen LogP contribution in [0.1, 0.15) is 5.82 Å². The summed E-state index contributed by atoms with van der Waals surface area (Å²) in [6.45, 7) is -0.106. The first-order valence-corrected chi connectivity index (χ1v) is 16.0. The van der Waals surface area contributed by atoms with Crippen molar-refractivity contribution in [1.29, 1.82) is 5.26 Å². The van der Waals surface area contributed by atoms with Gasteiger partial charge in [-0.05, 0) is 48.0 Å². The molecule has 6 aromatic carbocycles. The largest absolute Gasteiger partial charge is 0.458 e. The van der Waals surface area contributed by atoms with Crippen molar-refractivity contribution in [2.24, 2.45) is 0 Å². The van der Waals surface area contributed by atoms with Crippen molar-refractivity contribution in [1.82, 2.24) is 19.5 Å². The van der Waals surface area contributed by atoms with Crippen LogP contribution < -0.4 is 30.6 Å². The molecular formula is C40H20BN5O3. The summed E-state index contributed by atoms with van der Waals surface area (Å²) in [5, 5.41) is 12.3. The lowest BCUT2D eigenvalue weighted by Crippen LogP contribution is -2.59. The van der Waals surface area contributed by atoms with Crippen molar-refractivity contribution in [2.75, 3.05) is 0 Å². The molecule has 0 radical (unpaired) electrons. The first-order chi connectivity index (χ1) is 24.2. The Kier molecular flexibility index (Phi) is 5.11. The molecule has 11 rings (SSSR count).